The first-order valence-corrected chi connectivity index (χ1v) is 7.48. The second kappa shape index (κ2) is 6.86. The van der Waals surface area contributed by atoms with E-state index in [1.807, 2.05) is 19.4 Å². The molecule has 20 heavy (non-hydrogen) atoms. The van der Waals surface area contributed by atoms with E-state index in [0.29, 0.717) is 6.04 Å². The predicted octanol–water partition coefficient (Wildman–Crippen LogP) is 3.76. The van der Waals surface area contributed by atoms with Gasteiger partial charge in [-0.2, -0.15) is 0 Å². The molecule has 0 fully saturated rings. The Kier molecular flexibility index (Phi) is 5.15. The van der Waals surface area contributed by atoms with Crippen LogP contribution in [0.1, 0.15) is 24.1 Å². The molecule has 0 saturated heterocycles. The van der Waals surface area contributed by atoms with Crippen LogP contribution >= 0.6 is 15.9 Å². The summed E-state index contributed by atoms with van der Waals surface area (Å²) in [6.07, 6.45) is 3.67. The van der Waals surface area contributed by atoms with E-state index < -0.39 is 0 Å². The highest BCUT2D eigenvalue weighted by Crippen LogP contribution is 2.29. The maximum atomic E-state index is 4.06. The fraction of sp³-hybridized carbons (Fsp3) is 0.312. The van der Waals surface area contributed by atoms with Gasteiger partial charge in [-0.1, -0.05) is 15.9 Å². The molecule has 1 aromatic carbocycles. The first-order chi connectivity index (χ1) is 9.61. The summed E-state index contributed by atoms with van der Waals surface area (Å²) in [6.45, 7) is 3.04. The number of anilines is 1. The molecule has 106 valence electrons. The molecular formula is C16H20BrN3. The number of rotatable bonds is 5. The van der Waals surface area contributed by atoms with Crippen molar-refractivity contribution in [3.63, 3.8) is 0 Å². The third-order valence-electron chi connectivity index (χ3n) is 3.47. The molecule has 3 nitrogen and oxygen atoms in total. The van der Waals surface area contributed by atoms with E-state index in [2.05, 4.69) is 75.4 Å². The Morgan fingerprint density at radius 2 is 1.95 bits per heavy atom. The van der Waals surface area contributed by atoms with Crippen molar-refractivity contribution in [2.45, 2.75) is 19.5 Å². The lowest BCUT2D eigenvalue weighted by atomic mass is 10.1. The average molecular weight is 334 g/mol. The third-order valence-corrected chi connectivity index (χ3v) is 3.96. The van der Waals surface area contributed by atoms with E-state index in [-0.39, 0.29) is 0 Å². The lowest BCUT2D eigenvalue weighted by Gasteiger charge is -2.25. The molecule has 2 aromatic rings. The quantitative estimate of drug-likeness (QED) is 0.902. The Hall–Kier alpha value is -1.39. The molecular weight excluding hydrogens is 314 g/mol. The highest BCUT2D eigenvalue weighted by molar-refractivity contribution is 9.10. The Morgan fingerprint density at radius 1 is 1.25 bits per heavy atom. The second-order valence-corrected chi connectivity index (χ2v) is 5.84. The van der Waals surface area contributed by atoms with Crippen LogP contribution in [0.2, 0.25) is 0 Å². The number of nitrogens with zero attached hydrogens (tertiary/aromatic N) is 2. The van der Waals surface area contributed by atoms with Crippen molar-refractivity contribution in [3.05, 3.63) is 58.3 Å². The van der Waals surface area contributed by atoms with Gasteiger partial charge in [0.1, 0.15) is 0 Å². The molecule has 0 spiro atoms. The molecule has 1 N–H and O–H groups in total. The summed E-state index contributed by atoms with van der Waals surface area (Å²) in [5.41, 5.74) is 3.79. The highest BCUT2D eigenvalue weighted by Gasteiger charge is 2.13. The molecule has 1 atom stereocenters. The molecule has 1 aromatic heterocycles. The third kappa shape index (κ3) is 3.58. The number of halogens is 1. The van der Waals surface area contributed by atoms with Gasteiger partial charge in [0.2, 0.25) is 0 Å². The second-order valence-electron chi connectivity index (χ2n) is 4.93. The predicted molar refractivity (Wildman–Crippen MR) is 88.0 cm³/mol. The van der Waals surface area contributed by atoms with Gasteiger partial charge >= 0.3 is 0 Å². The molecule has 2 rings (SSSR count). The Morgan fingerprint density at radius 3 is 2.60 bits per heavy atom. The van der Waals surface area contributed by atoms with Crippen LogP contribution in [0.25, 0.3) is 0 Å². The number of hydrogen-bond acceptors (Lipinski definition) is 3. The van der Waals surface area contributed by atoms with E-state index in [1.54, 1.807) is 0 Å². The first kappa shape index (κ1) is 15.0. The monoisotopic (exact) mass is 333 g/mol. The van der Waals surface area contributed by atoms with E-state index in [1.165, 1.54) is 16.8 Å². The van der Waals surface area contributed by atoms with Gasteiger partial charge in [0.25, 0.3) is 0 Å². The van der Waals surface area contributed by atoms with Crippen molar-refractivity contribution in [3.8, 4) is 0 Å². The van der Waals surface area contributed by atoms with E-state index in [0.717, 1.165) is 11.0 Å². The minimum absolute atomic E-state index is 0.308. The fourth-order valence-electron chi connectivity index (χ4n) is 2.22. The number of aromatic nitrogens is 1. The van der Waals surface area contributed by atoms with Crippen LogP contribution in [-0.2, 0) is 6.54 Å². The molecule has 0 radical (unpaired) electrons. The van der Waals surface area contributed by atoms with Crippen molar-refractivity contribution in [2.75, 3.05) is 19.0 Å². The molecule has 0 saturated carbocycles. The van der Waals surface area contributed by atoms with Crippen LogP contribution in [0.15, 0.2) is 47.2 Å². The lowest BCUT2D eigenvalue weighted by molar-refractivity contribution is 0.649. The summed E-state index contributed by atoms with van der Waals surface area (Å²) in [6, 6.07) is 10.8. The average Bonchev–Trinajstić information content (AvgIpc) is 2.47. The van der Waals surface area contributed by atoms with Crippen molar-refractivity contribution in [1.82, 2.24) is 10.3 Å². The first-order valence-electron chi connectivity index (χ1n) is 6.68. The van der Waals surface area contributed by atoms with Gasteiger partial charge in [0.05, 0.1) is 0 Å². The minimum atomic E-state index is 0.308. The maximum Gasteiger partial charge on any atom is 0.0427 e. The van der Waals surface area contributed by atoms with E-state index >= 15 is 0 Å². The molecule has 0 aliphatic rings. The standard InChI is InChI=1S/C16H20BrN3/c1-12(18-2)15-10-14(17)4-5-16(15)20(3)11-13-6-8-19-9-7-13/h4-10,12,18H,11H2,1-3H3. The minimum Gasteiger partial charge on any atom is -0.370 e. The molecule has 0 aliphatic heterocycles. The SMILES string of the molecule is CNC(C)c1cc(Br)ccc1N(C)Cc1ccncc1. The number of pyridine rings is 1. The van der Waals surface area contributed by atoms with Gasteiger partial charge in [-0.25, -0.2) is 0 Å². The van der Waals surface area contributed by atoms with Crippen LogP contribution < -0.4 is 10.2 Å². The summed E-state index contributed by atoms with van der Waals surface area (Å²) >= 11 is 3.56. The number of nitrogens with one attached hydrogen (secondary N) is 1. The summed E-state index contributed by atoms with van der Waals surface area (Å²) in [4.78, 5) is 6.33. The Labute approximate surface area is 129 Å². The van der Waals surface area contributed by atoms with Crippen LogP contribution in [-0.4, -0.2) is 19.1 Å². The van der Waals surface area contributed by atoms with Gasteiger partial charge in [0.15, 0.2) is 0 Å². The topological polar surface area (TPSA) is 28.2 Å². The van der Waals surface area contributed by atoms with Gasteiger partial charge < -0.3 is 10.2 Å². The Bertz CT molecular complexity index is 557. The lowest BCUT2D eigenvalue weighted by Crippen LogP contribution is -2.21. The van der Waals surface area contributed by atoms with Crippen molar-refractivity contribution < 1.29 is 0 Å². The number of benzene rings is 1. The van der Waals surface area contributed by atoms with Crippen LogP contribution in [0.5, 0.6) is 0 Å². The molecule has 0 aliphatic carbocycles. The summed E-state index contributed by atoms with van der Waals surface area (Å²) < 4.78 is 1.11. The zero-order valence-electron chi connectivity index (χ0n) is 12.1. The van der Waals surface area contributed by atoms with Crippen LogP contribution in [0, 0.1) is 0 Å². The van der Waals surface area contributed by atoms with Crippen molar-refractivity contribution in [1.29, 1.82) is 0 Å². The van der Waals surface area contributed by atoms with Crippen molar-refractivity contribution >= 4 is 21.6 Å². The summed E-state index contributed by atoms with van der Waals surface area (Å²) in [7, 11) is 4.10. The van der Waals surface area contributed by atoms with E-state index in [4.69, 9.17) is 0 Å². The fourth-order valence-corrected chi connectivity index (χ4v) is 2.60. The zero-order chi connectivity index (χ0) is 14.5. The zero-order valence-corrected chi connectivity index (χ0v) is 13.7. The highest BCUT2D eigenvalue weighted by atomic mass is 79.9. The van der Waals surface area contributed by atoms with Crippen LogP contribution in [0.4, 0.5) is 5.69 Å². The number of hydrogen-bond donors (Lipinski definition) is 1. The molecule has 1 unspecified atom stereocenters. The molecule has 4 heteroatoms. The smallest absolute Gasteiger partial charge is 0.0427 e. The normalized spacial score (nSPS) is 12.2. The molecule has 0 bridgehead atoms. The van der Waals surface area contributed by atoms with E-state index in [9.17, 15) is 0 Å². The summed E-state index contributed by atoms with van der Waals surface area (Å²) in [5, 5.41) is 3.31. The van der Waals surface area contributed by atoms with Gasteiger partial charge in [0, 0.05) is 42.2 Å². The van der Waals surface area contributed by atoms with Crippen LogP contribution in [0.3, 0.4) is 0 Å². The van der Waals surface area contributed by atoms with Gasteiger partial charge in [-0.3, -0.25) is 4.98 Å². The largest absolute Gasteiger partial charge is 0.370 e. The summed E-state index contributed by atoms with van der Waals surface area (Å²) in [5.74, 6) is 0. The maximum absolute atomic E-state index is 4.06. The Balaban J connectivity index is 2.27. The van der Waals surface area contributed by atoms with Gasteiger partial charge in [-0.15, -0.1) is 0 Å². The molecule has 1 heterocycles. The molecule has 0 amide bonds. The van der Waals surface area contributed by atoms with Crippen molar-refractivity contribution in [2.24, 2.45) is 0 Å². The van der Waals surface area contributed by atoms with Gasteiger partial charge in [-0.05, 0) is 55.4 Å².